The number of likely N-dealkylation sites (N-methyl/N-ethyl adjacent to an activating group) is 1. The van der Waals surface area contributed by atoms with Crippen molar-refractivity contribution in [3.8, 4) is 0 Å². The Kier molecular flexibility index (Phi) is 6.51. The molecule has 1 aliphatic rings. The maximum absolute atomic E-state index is 12.4. The average Bonchev–Trinajstić information content (AvgIpc) is 2.60. The Hall–Kier alpha value is -1.97. The zero-order valence-corrected chi connectivity index (χ0v) is 15.1. The van der Waals surface area contributed by atoms with Crippen molar-refractivity contribution in [3.05, 3.63) is 29.8 Å². The zero-order chi connectivity index (χ0) is 18.4. The molecule has 1 aliphatic heterocycles. The van der Waals surface area contributed by atoms with Gasteiger partial charge in [-0.25, -0.2) is 8.42 Å². The van der Waals surface area contributed by atoms with Crippen LogP contribution < -0.4 is 0 Å². The fourth-order valence-electron chi connectivity index (χ4n) is 2.25. The lowest BCUT2D eigenvalue weighted by Gasteiger charge is -2.26. The second kappa shape index (κ2) is 8.41. The van der Waals surface area contributed by atoms with Crippen LogP contribution in [-0.4, -0.2) is 76.0 Å². The molecule has 0 N–H and O–H groups in total. The van der Waals surface area contributed by atoms with E-state index in [-0.39, 0.29) is 10.8 Å². The SMILES string of the molecule is Cc1ccc(S(=O)(=O)N(C)CC(=O)OCC(=O)N2CCOCC2)cc1. The predicted octanol–water partition coefficient (Wildman–Crippen LogP) is 0.0175. The third kappa shape index (κ3) is 5.25. The normalized spacial score (nSPS) is 15.2. The van der Waals surface area contributed by atoms with E-state index in [2.05, 4.69) is 0 Å². The minimum atomic E-state index is -3.79. The molecular weight excluding hydrogens is 348 g/mol. The molecule has 1 aromatic rings. The van der Waals surface area contributed by atoms with Crippen LogP contribution in [0.1, 0.15) is 5.56 Å². The van der Waals surface area contributed by atoms with Gasteiger partial charge in [-0.15, -0.1) is 0 Å². The van der Waals surface area contributed by atoms with Crippen LogP contribution in [0.3, 0.4) is 0 Å². The molecule has 1 amide bonds. The Morgan fingerprint density at radius 3 is 2.40 bits per heavy atom. The molecule has 0 radical (unpaired) electrons. The first-order chi connectivity index (χ1) is 11.8. The van der Waals surface area contributed by atoms with Gasteiger partial charge in [0.05, 0.1) is 18.1 Å². The number of hydrogen-bond donors (Lipinski definition) is 0. The highest BCUT2D eigenvalue weighted by Crippen LogP contribution is 2.14. The first-order valence-corrected chi connectivity index (χ1v) is 9.29. The monoisotopic (exact) mass is 370 g/mol. The van der Waals surface area contributed by atoms with E-state index in [9.17, 15) is 18.0 Å². The summed E-state index contributed by atoms with van der Waals surface area (Å²) in [5.41, 5.74) is 0.933. The Labute approximate surface area is 147 Å². The number of carbonyl (C=O) groups excluding carboxylic acids is 2. The van der Waals surface area contributed by atoms with Crippen molar-refractivity contribution < 1.29 is 27.5 Å². The standard InChI is InChI=1S/C16H22N2O6S/c1-13-3-5-14(6-4-13)25(21,22)17(2)11-16(20)24-12-15(19)18-7-9-23-10-8-18/h3-6H,7-12H2,1-2H3. The Bertz CT molecular complexity index is 711. The van der Waals surface area contributed by atoms with Crippen LogP contribution in [0.5, 0.6) is 0 Å². The summed E-state index contributed by atoms with van der Waals surface area (Å²) in [4.78, 5) is 25.4. The second-order valence-corrected chi connectivity index (χ2v) is 7.77. The number of rotatable bonds is 6. The van der Waals surface area contributed by atoms with Gasteiger partial charge in [-0.3, -0.25) is 9.59 Å². The Balaban J connectivity index is 1.86. The summed E-state index contributed by atoms with van der Waals surface area (Å²) in [6.45, 7) is 2.80. The summed E-state index contributed by atoms with van der Waals surface area (Å²) < 4.78 is 35.7. The molecule has 25 heavy (non-hydrogen) atoms. The second-order valence-electron chi connectivity index (χ2n) is 5.73. The highest BCUT2D eigenvalue weighted by molar-refractivity contribution is 7.89. The largest absolute Gasteiger partial charge is 0.455 e. The number of morpholine rings is 1. The number of aryl methyl sites for hydroxylation is 1. The van der Waals surface area contributed by atoms with Crippen molar-refractivity contribution >= 4 is 21.9 Å². The van der Waals surface area contributed by atoms with Crippen LogP contribution in [0.2, 0.25) is 0 Å². The van der Waals surface area contributed by atoms with Crippen molar-refractivity contribution in [2.24, 2.45) is 0 Å². The molecule has 0 bridgehead atoms. The van der Waals surface area contributed by atoms with Crippen molar-refractivity contribution in [1.82, 2.24) is 9.21 Å². The number of amides is 1. The quantitative estimate of drug-likeness (QED) is 0.656. The summed E-state index contributed by atoms with van der Waals surface area (Å²) in [6.07, 6.45) is 0. The topological polar surface area (TPSA) is 93.2 Å². The van der Waals surface area contributed by atoms with Crippen LogP contribution in [0, 0.1) is 6.92 Å². The van der Waals surface area contributed by atoms with Crippen LogP contribution in [0.15, 0.2) is 29.2 Å². The van der Waals surface area contributed by atoms with Gasteiger partial charge < -0.3 is 14.4 Å². The van der Waals surface area contributed by atoms with Gasteiger partial charge >= 0.3 is 5.97 Å². The maximum Gasteiger partial charge on any atom is 0.321 e. The van der Waals surface area contributed by atoms with E-state index in [0.29, 0.717) is 26.3 Å². The Morgan fingerprint density at radius 1 is 1.20 bits per heavy atom. The lowest BCUT2D eigenvalue weighted by atomic mass is 10.2. The van der Waals surface area contributed by atoms with Crippen LogP contribution in [0.4, 0.5) is 0 Å². The molecule has 0 saturated carbocycles. The van der Waals surface area contributed by atoms with Crippen molar-refractivity contribution in [2.75, 3.05) is 46.5 Å². The number of sulfonamides is 1. The maximum atomic E-state index is 12.4. The van der Waals surface area contributed by atoms with Crippen molar-refractivity contribution in [2.45, 2.75) is 11.8 Å². The Morgan fingerprint density at radius 2 is 1.80 bits per heavy atom. The van der Waals surface area contributed by atoms with E-state index in [4.69, 9.17) is 9.47 Å². The molecule has 9 heteroatoms. The van der Waals surface area contributed by atoms with Crippen molar-refractivity contribution in [1.29, 1.82) is 0 Å². The van der Waals surface area contributed by atoms with Crippen LogP contribution in [0.25, 0.3) is 0 Å². The summed E-state index contributed by atoms with van der Waals surface area (Å²) in [6, 6.07) is 6.32. The van der Waals surface area contributed by atoms with Gasteiger partial charge in [-0.2, -0.15) is 4.31 Å². The molecule has 138 valence electrons. The molecule has 0 atom stereocenters. The molecule has 1 fully saturated rings. The molecule has 0 aliphatic carbocycles. The number of nitrogens with zero attached hydrogens (tertiary/aromatic N) is 2. The van der Waals surface area contributed by atoms with Gasteiger partial charge in [-0.05, 0) is 19.1 Å². The molecule has 8 nitrogen and oxygen atoms in total. The first kappa shape index (κ1) is 19.4. The lowest BCUT2D eigenvalue weighted by molar-refractivity contribution is -0.153. The first-order valence-electron chi connectivity index (χ1n) is 7.85. The van der Waals surface area contributed by atoms with E-state index in [1.54, 1.807) is 17.0 Å². The van der Waals surface area contributed by atoms with E-state index < -0.39 is 29.1 Å². The highest BCUT2D eigenvalue weighted by Gasteiger charge is 2.24. The van der Waals surface area contributed by atoms with Gasteiger partial charge in [0.1, 0.15) is 6.54 Å². The molecule has 2 rings (SSSR count). The number of esters is 1. The van der Waals surface area contributed by atoms with E-state index in [1.165, 1.54) is 19.2 Å². The van der Waals surface area contributed by atoms with Gasteiger partial charge in [0.15, 0.2) is 6.61 Å². The van der Waals surface area contributed by atoms with Gasteiger partial charge in [0.2, 0.25) is 10.0 Å². The summed E-state index contributed by atoms with van der Waals surface area (Å²) in [5.74, 6) is -1.10. The molecule has 1 saturated heterocycles. The zero-order valence-electron chi connectivity index (χ0n) is 14.3. The molecule has 1 heterocycles. The van der Waals surface area contributed by atoms with E-state index >= 15 is 0 Å². The summed E-state index contributed by atoms with van der Waals surface area (Å²) in [5, 5.41) is 0. The minimum Gasteiger partial charge on any atom is -0.455 e. The fraction of sp³-hybridized carbons (Fsp3) is 0.500. The third-order valence-corrected chi connectivity index (χ3v) is 5.62. The van der Waals surface area contributed by atoms with Gasteiger partial charge in [-0.1, -0.05) is 17.7 Å². The van der Waals surface area contributed by atoms with E-state index in [0.717, 1.165) is 9.87 Å². The molecule has 0 unspecified atom stereocenters. The van der Waals surface area contributed by atoms with Crippen molar-refractivity contribution in [3.63, 3.8) is 0 Å². The molecule has 0 spiro atoms. The number of hydrogen-bond acceptors (Lipinski definition) is 6. The highest BCUT2D eigenvalue weighted by atomic mass is 32.2. The summed E-state index contributed by atoms with van der Waals surface area (Å²) in [7, 11) is -2.50. The van der Waals surface area contributed by atoms with Gasteiger partial charge in [0, 0.05) is 20.1 Å². The molecule has 0 aromatic heterocycles. The number of carbonyl (C=O) groups is 2. The third-order valence-electron chi connectivity index (χ3n) is 3.80. The minimum absolute atomic E-state index is 0.0952. The number of benzene rings is 1. The predicted molar refractivity (Wildman–Crippen MR) is 89.4 cm³/mol. The van der Waals surface area contributed by atoms with Crippen LogP contribution in [-0.2, 0) is 29.1 Å². The smallest absolute Gasteiger partial charge is 0.321 e. The van der Waals surface area contributed by atoms with Gasteiger partial charge in [0.25, 0.3) is 5.91 Å². The van der Waals surface area contributed by atoms with Crippen LogP contribution >= 0.6 is 0 Å². The number of ether oxygens (including phenoxy) is 2. The van der Waals surface area contributed by atoms with E-state index in [1.807, 2.05) is 6.92 Å². The molecular formula is C16H22N2O6S. The lowest BCUT2D eigenvalue weighted by Crippen LogP contribution is -2.43. The summed E-state index contributed by atoms with van der Waals surface area (Å²) >= 11 is 0. The fourth-order valence-corrected chi connectivity index (χ4v) is 3.36. The molecule has 1 aromatic carbocycles. The average molecular weight is 370 g/mol.